The van der Waals surface area contributed by atoms with Gasteiger partial charge in [-0.3, -0.25) is 0 Å². The first-order valence-electron chi connectivity index (χ1n) is 10.9. The molecule has 1 atom stereocenters. The molecule has 2 heterocycles. The van der Waals surface area contributed by atoms with Crippen LogP contribution in [0.3, 0.4) is 0 Å². The summed E-state index contributed by atoms with van der Waals surface area (Å²) in [6.07, 6.45) is 2.11. The van der Waals surface area contributed by atoms with E-state index in [4.69, 9.17) is 9.73 Å². The zero-order valence-electron chi connectivity index (χ0n) is 18.7. The van der Waals surface area contributed by atoms with Gasteiger partial charge in [0, 0.05) is 37.8 Å². The molecule has 2 aromatic rings. The highest BCUT2D eigenvalue weighted by Crippen LogP contribution is 2.21. The number of aliphatic imine (C=N–C) groups is 1. The third-order valence-corrected chi connectivity index (χ3v) is 5.39. The molecule has 6 nitrogen and oxygen atoms in total. The van der Waals surface area contributed by atoms with Crippen LogP contribution in [0.4, 0.5) is 5.82 Å². The topological polar surface area (TPSA) is 61.8 Å². The highest BCUT2D eigenvalue weighted by atomic mass is 16.5. The Kier molecular flexibility index (Phi) is 7.69. The van der Waals surface area contributed by atoms with Crippen molar-refractivity contribution in [2.24, 2.45) is 4.99 Å². The predicted octanol–water partition coefficient (Wildman–Crippen LogP) is 3.34. The van der Waals surface area contributed by atoms with E-state index in [1.807, 2.05) is 12.3 Å². The van der Waals surface area contributed by atoms with Crippen LogP contribution >= 0.6 is 0 Å². The molecule has 0 amide bonds. The van der Waals surface area contributed by atoms with E-state index in [0.717, 1.165) is 50.1 Å². The van der Waals surface area contributed by atoms with Gasteiger partial charge in [-0.15, -0.1) is 0 Å². The van der Waals surface area contributed by atoms with Crippen molar-refractivity contribution in [3.63, 3.8) is 0 Å². The first kappa shape index (κ1) is 22.1. The van der Waals surface area contributed by atoms with Gasteiger partial charge in [-0.25, -0.2) is 9.98 Å². The summed E-state index contributed by atoms with van der Waals surface area (Å²) in [6.45, 7) is 13.4. The van der Waals surface area contributed by atoms with Gasteiger partial charge in [0.2, 0.25) is 0 Å². The molecule has 2 N–H and O–H groups in total. The number of rotatable bonds is 7. The molecule has 1 aliphatic heterocycles. The van der Waals surface area contributed by atoms with Crippen molar-refractivity contribution in [3.8, 4) is 0 Å². The molecule has 1 aromatic heterocycles. The molecule has 1 aliphatic rings. The predicted molar refractivity (Wildman–Crippen MR) is 124 cm³/mol. The van der Waals surface area contributed by atoms with Crippen LogP contribution in [-0.4, -0.2) is 49.8 Å². The molecule has 0 spiro atoms. The van der Waals surface area contributed by atoms with E-state index in [1.165, 1.54) is 5.56 Å². The molecule has 1 fully saturated rings. The van der Waals surface area contributed by atoms with E-state index >= 15 is 0 Å². The van der Waals surface area contributed by atoms with Crippen LogP contribution < -0.4 is 15.5 Å². The lowest BCUT2D eigenvalue weighted by Crippen LogP contribution is -2.43. The van der Waals surface area contributed by atoms with Crippen LogP contribution in [0.5, 0.6) is 0 Å². The van der Waals surface area contributed by atoms with E-state index < -0.39 is 0 Å². The Balaban J connectivity index is 1.64. The highest BCUT2D eigenvalue weighted by Gasteiger charge is 2.21. The van der Waals surface area contributed by atoms with E-state index in [-0.39, 0.29) is 11.5 Å². The van der Waals surface area contributed by atoms with Crippen LogP contribution in [-0.2, 0) is 16.7 Å². The summed E-state index contributed by atoms with van der Waals surface area (Å²) in [7, 11) is 0. The summed E-state index contributed by atoms with van der Waals surface area (Å²) in [4.78, 5) is 11.6. The number of nitrogens with zero attached hydrogens (tertiary/aromatic N) is 3. The number of morpholine rings is 1. The number of aromatic nitrogens is 1. The quantitative estimate of drug-likeness (QED) is 0.543. The molecule has 0 saturated carbocycles. The lowest BCUT2D eigenvalue weighted by Gasteiger charge is -2.32. The van der Waals surface area contributed by atoms with Crippen molar-refractivity contribution in [2.45, 2.75) is 45.8 Å². The van der Waals surface area contributed by atoms with Crippen LogP contribution in [0, 0.1) is 0 Å². The van der Waals surface area contributed by atoms with Gasteiger partial charge in [0.05, 0.1) is 19.3 Å². The fourth-order valence-corrected chi connectivity index (χ4v) is 3.57. The Morgan fingerprint density at radius 3 is 2.77 bits per heavy atom. The van der Waals surface area contributed by atoms with Gasteiger partial charge < -0.3 is 20.3 Å². The SMILES string of the molecule is CCNC(=NCc1ccnc(N2CCOC(C)C2)c1)NCC(C)(C)c1ccccc1. The van der Waals surface area contributed by atoms with Crippen molar-refractivity contribution >= 4 is 11.8 Å². The molecule has 3 rings (SSSR count). The minimum Gasteiger partial charge on any atom is -0.375 e. The van der Waals surface area contributed by atoms with Gasteiger partial charge in [0.25, 0.3) is 0 Å². The largest absolute Gasteiger partial charge is 0.375 e. The number of guanidine groups is 1. The third kappa shape index (κ3) is 6.20. The molecule has 1 aromatic carbocycles. The van der Waals surface area contributed by atoms with E-state index in [1.54, 1.807) is 0 Å². The summed E-state index contributed by atoms with van der Waals surface area (Å²) in [6, 6.07) is 14.8. The number of ether oxygens (including phenoxy) is 1. The third-order valence-electron chi connectivity index (χ3n) is 5.39. The molecule has 1 saturated heterocycles. The normalized spacial score (nSPS) is 17.7. The molecule has 1 unspecified atom stereocenters. The molecule has 30 heavy (non-hydrogen) atoms. The fourth-order valence-electron chi connectivity index (χ4n) is 3.57. The van der Waals surface area contributed by atoms with Gasteiger partial charge in [-0.1, -0.05) is 44.2 Å². The van der Waals surface area contributed by atoms with Crippen LogP contribution in [0.1, 0.15) is 38.8 Å². The van der Waals surface area contributed by atoms with E-state index in [9.17, 15) is 0 Å². The molecule has 162 valence electrons. The number of anilines is 1. The molecular formula is C24H35N5O. The molecule has 0 radical (unpaired) electrons. The summed E-state index contributed by atoms with van der Waals surface area (Å²) in [5, 5.41) is 6.87. The Morgan fingerprint density at radius 1 is 1.23 bits per heavy atom. The van der Waals surface area contributed by atoms with Crippen LogP contribution in [0.15, 0.2) is 53.7 Å². The number of hydrogen-bond acceptors (Lipinski definition) is 4. The van der Waals surface area contributed by atoms with Gasteiger partial charge in [0.1, 0.15) is 5.82 Å². The zero-order chi connectivity index (χ0) is 21.4. The second kappa shape index (κ2) is 10.4. The number of hydrogen-bond donors (Lipinski definition) is 2. The lowest BCUT2D eigenvalue weighted by molar-refractivity contribution is 0.0529. The minimum absolute atomic E-state index is 0.00825. The Labute approximate surface area is 180 Å². The van der Waals surface area contributed by atoms with Gasteiger partial charge in [-0.05, 0) is 37.1 Å². The van der Waals surface area contributed by atoms with E-state index in [2.05, 4.69) is 84.6 Å². The molecular weight excluding hydrogens is 374 g/mol. The van der Waals surface area contributed by atoms with Gasteiger partial charge in [-0.2, -0.15) is 0 Å². The molecule has 6 heteroatoms. The summed E-state index contributed by atoms with van der Waals surface area (Å²) >= 11 is 0. The summed E-state index contributed by atoms with van der Waals surface area (Å²) in [5.41, 5.74) is 2.47. The van der Waals surface area contributed by atoms with Crippen molar-refractivity contribution < 1.29 is 4.74 Å². The maximum atomic E-state index is 5.64. The maximum Gasteiger partial charge on any atom is 0.191 e. The zero-order valence-corrected chi connectivity index (χ0v) is 18.7. The minimum atomic E-state index is 0.00825. The number of benzene rings is 1. The van der Waals surface area contributed by atoms with Crippen molar-refractivity contribution in [2.75, 3.05) is 37.7 Å². The molecule has 0 aliphatic carbocycles. The summed E-state index contributed by atoms with van der Waals surface area (Å²) in [5.74, 6) is 1.83. The second-order valence-electron chi connectivity index (χ2n) is 8.45. The second-order valence-corrected chi connectivity index (χ2v) is 8.45. The average molecular weight is 410 g/mol. The highest BCUT2D eigenvalue weighted by molar-refractivity contribution is 5.79. The fraction of sp³-hybridized carbons (Fsp3) is 0.500. The standard InChI is InChI=1S/C24H35N5O/c1-5-25-23(28-18-24(3,4)21-9-7-6-8-10-21)27-16-20-11-12-26-22(15-20)29-13-14-30-19(2)17-29/h6-12,15,19H,5,13-14,16-18H2,1-4H3,(H2,25,27,28). The first-order chi connectivity index (χ1) is 14.5. The van der Waals surface area contributed by atoms with Crippen LogP contribution in [0.2, 0.25) is 0 Å². The van der Waals surface area contributed by atoms with Crippen molar-refractivity contribution in [1.82, 2.24) is 15.6 Å². The van der Waals surface area contributed by atoms with Crippen LogP contribution in [0.25, 0.3) is 0 Å². The molecule has 0 bridgehead atoms. The average Bonchev–Trinajstić information content (AvgIpc) is 2.76. The van der Waals surface area contributed by atoms with Crippen molar-refractivity contribution in [3.05, 3.63) is 59.8 Å². The monoisotopic (exact) mass is 409 g/mol. The first-order valence-corrected chi connectivity index (χ1v) is 10.9. The lowest BCUT2D eigenvalue weighted by atomic mass is 9.85. The van der Waals surface area contributed by atoms with Gasteiger partial charge in [0.15, 0.2) is 5.96 Å². The Hall–Kier alpha value is -2.60. The smallest absolute Gasteiger partial charge is 0.191 e. The number of pyridine rings is 1. The Morgan fingerprint density at radius 2 is 2.03 bits per heavy atom. The summed E-state index contributed by atoms with van der Waals surface area (Å²) < 4.78 is 5.64. The Bertz CT molecular complexity index is 821. The van der Waals surface area contributed by atoms with Crippen molar-refractivity contribution in [1.29, 1.82) is 0 Å². The maximum absolute atomic E-state index is 5.64. The van der Waals surface area contributed by atoms with Gasteiger partial charge >= 0.3 is 0 Å². The van der Waals surface area contributed by atoms with E-state index in [0.29, 0.717) is 6.54 Å². The number of nitrogens with one attached hydrogen (secondary N) is 2.